The first-order chi connectivity index (χ1) is 11.9. The van der Waals surface area contributed by atoms with E-state index in [1.165, 1.54) is 22.3 Å². The molecule has 0 unspecified atom stereocenters. The number of aryl methyl sites for hydroxylation is 2. The molecule has 0 radical (unpaired) electrons. The van der Waals surface area contributed by atoms with E-state index in [1.54, 1.807) is 0 Å². The van der Waals surface area contributed by atoms with Crippen molar-refractivity contribution in [2.24, 2.45) is 0 Å². The topological polar surface area (TPSA) is 24.1 Å². The van der Waals surface area contributed by atoms with Gasteiger partial charge in [0.25, 0.3) is 0 Å². The second-order valence-corrected chi connectivity index (χ2v) is 9.55. The molecule has 2 aromatic rings. The van der Waals surface area contributed by atoms with Crippen LogP contribution < -0.4 is 10.6 Å². The van der Waals surface area contributed by atoms with Gasteiger partial charge in [-0.1, -0.05) is 65.8 Å². The molecule has 2 nitrogen and oxygen atoms in total. The zero-order valence-electron chi connectivity index (χ0n) is 17.4. The maximum Gasteiger partial charge on any atom is 0.175 e. The van der Waals surface area contributed by atoms with Crippen LogP contribution in [-0.2, 0) is 10.8 Å². The summed E-state index contributed by atoms with van der Waals surface area (Å²) in [6.45, 7) is 17.5. The molecule has 0 aliphatic carbocycles. The SMILES string of the molecule is Cc1ccc(C(C)(C)C)cc1NC(=S)Nc1cc(C(C)(C)C)ccc1C. The van der Waals surface area contributed by atoms with Gasteiger partial charge in [0.2, 0.25) is 0 Å². The first-order valence-corrected chi connectivity index (χ1v) is 9.59. The van der Waals surface area contributed by atoms with Crippen LogP contribution in [0.4, 0.5) is 11.4 Å². The van der Waals surface area contributed by atoms with E-state index in [-0.39, 0.29) is 10.8 Å². The third kappa shape index (κ3) is 5.07. The van der Waals surface area contributed by atoms with Crippen LogP contribution in [-0.4, -0.2) is 5.11 Å². The van der Waals surface area contributed by atoms with Gasteiger partial charge in [0.15, 0.2) is 5.11 Å². The normalized spacial score (nSPS) is 12.0. The summed E-state index contributed by atoms with van der Waals surface area (Å²) in [5.41, 5.74) is 7.27. The van der Waals surface area contributed by atoms with Gasteiger partial charge in [0.1, 0.15) is 0 Å². The fourth-order valence-electron chi connectivity index (χ4n) is 2.72. The van der Waals surface area contributed by atoms with Crippen molar-refractivity contribution in [2.45, 2.75) is 66.2 Å². The Labute approximate surface area is 164 Å². The zero-order chi connectivity index (χ0) is 19.7. The molecule has 26 heavy (non-hydrogen) atoms. The summed E-state index contributed by atoms with van der Waals surface area (Å²) in [5, 5.41) is 7.37. The molecule has 0 amide bonds. The summed E-state index contributed by atoms with van der Waals surface area (Å²) in [4.78, 5) is 0. The Bertz CT molecular complexity index is 740. The Morgan fingerprint density at radius 1 is 0.692 bits per heavy atom. The van der Waals surface area contributed by atoms with Crippen molar-refractivity contribution in [3.63, 3.8) is 0 Å². The van der Waals surface area contributed by atoms with Gasteiger partial charge in [-0.25, -0.2) is 0 Å². The first-order valence-electron chi connectivity index (χ1n) is 9.18. The maximum atomic E-state index is 5.59. The van der Waals surface area contributed by atoms with Gasteiger partial charge in [-0.2, -0.15) is 0 Å². The number of hydrogen-bond acceptors (Lipinski definition) is 1. The van der Waals surface area contributed by atoms with Gasteiger partial charge in [-0.3, -0.25) is 0 Å². The molecule has 0 aromatic heterocycles. The molecule has 3 heteroatoms. The third-order valence-corrected chi connectivity index (χ3v) is 4.91. The molecule has 0 saturated heterocycles. The summed E-state index contributed by atoms with van der Waals surface area (Å²) >= 11 is 5.59. The molecule has 0 aliphatic rings. The van der Waals surface area contributed by atoms with Crippen molar-refractivity contribution < 1.29 is 0 Å². The molecule has 2 N–H and O–H groups in total. The van der Waals surface area contributed by atoms with E-state index in [2.05, 4.69) is 102 Å². The fourth-order valence-corrected chi connectivity index (χ4v) is 2.94. The van der Waals surface area contributed by atoms with Crippen LogP contribution in [0.1, 0.15) is 63.8 Å². The van der Waals surface area contributed by atoms with Gasteiger partial charge < -0.3 is 10.6 Å². The molecule has 0 saturated carbocycles. The third-order valence-electron chi connectivity index (χ3n) is 4.70. The van der Waals surface area contributed by atoms with Crippen molar-refractivity contribution in [2.75, 3.05) is 10.6 Å². The summed E-state index contributed by atoms with van der Waals surface area (Å²) in [6, 6.07) is 13.1. The van der Waals surface area contributed by atoms with Crippen LogP contribution in [0.15, 0.2) is 36.4 Å². The zero-order valence-corrected chi connectivity index (χ0v) is 18.2. The van der Waals surface area contributed by atoms with Gasteiger partial charge in [0.05, 0.1) is 0 Å². The lowest BCUT2D eigenvalue weighted by Gasteiger charge is -2.23. The van der Waals surface area contributed by atoms with Crippen molar-refractivity contribution in [1.29, 1.82) is 0 Å². The highest BCUT2D eigenvalue weighted by molar-refractivity contribution is 7.80. The average molecular weight is 369 g/mol. The highest BCUT2D eigenvalue weighted by atomic mass is 32.1. The Kier molecular flexibility index (Phi) is 5.82. The summed E-state index contributed by atoms with van der Waals surface area (Å²) in [5.74, 6) is 0. The summed E-state index contributed by atoms with van der Waals surface area (Å²) in [6.07, 6.45) is 0. The van der Waals surface area contributed by atoms with E-state index < -0.39 is 0 Å². The van der Waals surface area contributed by atoms with E-state index in [4.69, 9.17) is 12.2 Å². The highest BCUT2D eigenvalue weighted by Crippen LogP contribution is 2.29. The Morgan fingerprint density at radius 3 is 1.35 bits per heavy atom. The van der Waals surface area contributed by atoms with Crippen molar-refractivity contribution in [3.05, 3.63) is 58.7 Å². The number of nitrogens with one attached hydrogen (secondary N) is 2. The molecule has 0 spiro atoms. The number of rotatable bonds is 2. The van der Waals surface area contributed by atoms with E-state index in [0.29, 0.717) is 5.11 Å². The quantitative estimate of drug-likeness (QED) is 0.576. The monoisotopic (exact) mass is 368 g/mol. The van der Waals surface area contributed by atoms with Crippen molar-refractivity contribution in [3.8, 4) is 0 Å². The lowest BCUT2D eigenvalue weighted by Crippen LogP contribution is -2.21. The van der Waals surface area contributed by atoms with Crippen LogP contribution in [0.2, 0.25) is 0 Å². The van der Waals surface area contributed by atoms with Crippen LogP contribution in [0.25, 0.3) is 0 Å². The number of thiocarbonyl (C=S) groups is 1. The molecule has 0 aliphatic heterocycles. The van der Waals surface area contributed by atoms with Crippen LogP contribution in [0.3, 0.4) is 0 Å². The molecule has 0 fully saturated rings. The predicted octanol–water partition coefficient (Wildman–Crippen LogP) is 6.71. The van der Waals surface area contributed by atoms with E-state index in [1.807, 2.05) is 0 Å². The Hall–Kier alpha value is -1.87. The molecule has 2 rings (SSSR count). The van der Waals surface area contributed by atoms with E-state index in [9.17, 15) is 0 Å². The molecular formula is C23H32N2S. The van der Waals surface area contributed by atoms with Crippen molar-refractivity contribution in [1.82, 2.24) is 0 Å². The Morgan fingerprint density at radius 2 is 1.04 bits per heavy atom. The van der Waals surface area contributed by atoms with Gasteiger partial charge >= 0.3 is 0 Å². The molecule has 0 bridgehead atoms. The lowest BCUT2D eigenvalue weighted by atomic mass is 9.86. The van der Waals surface area contributed by atoms with E-state index in [0.717, 1.165) is 11.4 Å². The van der Waals surface area contributed by atoms with Crippen molar-refractivity contribution >= 4 is 28.7 Å². The fraction of sp³-hybridized carbons (Fsp3) is 0.435. The maximum absolute atomic E-state index is 5.59. The van der Waals surface area contributed by atoms with Crippen LogP contribution in [0, 0.1) is 13.8 Å². The van der Waals surface area contributed by atoms with Crippen LogP contribution in [0.5, 0.6) is 0 Å². The second-order valence-electron chi connectivity index (χ2n) is 9.14. The number of hydrogen-bond donors (Lipinski definition) is 2. The second kappa shape index (κ2) is 7.40. The Balaban J connectivity index is 2.22. The summed E-state index contributed by atoms with van der Waals surface area (Å²) < 4.78 is 0. The van der Waals surface area contributed by atoms with Gasteiger partial charge in [0, 0.05) is 11.4 Å². The minimum Gasteiger partial charge on any atom is -0.332 e. The smallest absolute Gasteiger partial charge is 0.175 e. The summed E-state index contributed by atoms with van der Waals surface area (Å²) in [7, 11) is 0. The van der Waals surface area contributed by atoms with Gasteiger partial charge in [-0.15, -0.1) is 0 Å². The highest BCUT2D eigenvalue weighted by Gasteiger charge is 2.16. The molecule has 2 aromatic carbocycles. The average Bonchev–Trinajstić information content (AvgIpc) is 2.49. The molecular weight excluding hydrogens is 336 g/mol. The van der Waals surface area contributed by atoms with Crippen LogP contribution >= 0.6 is 12.2 Å². The standard InChI is InChI=1S/C23H32N2S/c1-15-9-11-17(22(3,4)5)13-19(15)24-21(26)25-20-14-18(23(6,7)8)12-10-16(20)2/h9-14H,1-8H3,(H2,24,25,26). The lowest BCUT2D eigenvalue weighted by molar-refractivity contribution is 0.590. The number of anilines is 2. The minimum absolute atomic E-state index is 0.108. The first kappa shape index (κ1) is 20.4. The largest absolute Gasteiger partial charge is 0.332 e. The molecule has 0 atom stereocenters. The molecule has 0 heterocycles. The minimum atomic E-state index is 0.108. The predicted molar refractivity (Wildman–Crippen MR) is 120 cm³/mol. The number of benzene rings is 2. The molecule has 140 valence electrons. The van der Waals surface area contributed by atoms with Gasteiger partial charge in [-0.05, 0) is 71.3 Å². The van der Waals surface area contributed by atoms with E-state index >= 15 is 0 Å².